The Kier molecular flexibility index (Phi) is 6.98. The standard InChI is InChI=1S/C21H26F2N2O2/c22-15-20-19(9-13-25(16-23)21(20)26)17-5-7-18(8-6-17)27-14-4-12-24-10-2-1-3-11-24/h5-9,13H,1-4,10-12,14-16H2. The Morgan fingerprint density at radius 2 is 1.74 bits per heavy atom. The Balaban J connectivity index is 1.58. The zero-order valence-electron chi connectivity index (χ0n) is 15.5. The predicted octanol–water partition coefficient (Wildman–Crippen LogP) is 4.17. The second kappa shape index (κ2) is 9.65. The van der Waals surface area contributed by atoms with Crippen LogP contribution in [-0.2, 0) is 13.5 Å². The average Bonchev–Trinajstić information content (AvgIpc) is 2.72. The maximum absolute atomic E-state index is 13.3. The highest BCUT2D eigenvalue weighted by molar-refractivity contribution is 5.67. The zero-order valence-corrected chi connectivity index (χ0v) is 15.5. The molecule has 1 aromatic carbocycles. The van der Waals surface area contributed by atoms with E-state index in [-0.39, 0.29) is 5.56 Å². The maximum Gasteiger partial charge on any atom is 0.259 e. The molecule has 1 saturated heterocycles. The third kappa shape index (κ3) is 4.95. The van der Waals surface area contributed by atoms with E-state index >= 15 is 0 Å². The quantitative estimate of drug-likeness (QED) is 0.649. The summed E-state index contributed by atoms with van der Waals surface area (Å²) >= 11 is 0. The summed E-state index contributed by atoms with van der Waals surface area (Å²) in [6.45, 7) is 2.20. The van der Waals surface area contributed by atoms with Gasteiger partial charge in [0.1, 0.15) is 12.4 Å². The van der Waals surface area contributed by atoms with Gasteiger partial charge in [0, 0.05) is 12.7 Å². The van der Waals surface area contributed by atoms with Crippen LogP contribution in [0.4, 0.5) is 8.78 Å². The highest BCUT2D eigenvalue weighted by atomic mass is 19.1. The molecule has 0 atom stereocenters. The van der Waals surface area contributed by atoms with Crippen LogP contribution < -0.4 is 10.3 Å². The van der Waals surface area contributed by atoms with Crippen molar-refractivity contribution >= 4 is 0 Å². The van der Waals surface area contributed by atoms with Gasteiger partial charge in [0.05, 0.1) is 12.2 Å². The number of ether oxygens (including phenoxy) is 1. The summed E-state index contributed by atoms with van der Waals surface area (Å²) in [5.74, 6) is 0.747. The van der Waals surface area contributed by atoms with Crippen LogP contribution in [0.3, 0.4) is 0 Å². The highest BCUT2D eigenvalue weighted by Gasteiger charge is 2.12. The van der Waals surface area contributed by atoms with E-state index in [9.17, 15) is 13.6 Å². The Hall–Kier alpha value is -2.21. The second-order valence-corrected chi connectivity index (χ2v) is 6.86. The van der Waals surface area contributed by atoms with Crippen molar-refractivity contribution < 1.29 is 13.5 Å². The van der Waals surface area contributed by atoms with E-state index in [4.69, 9.17) is 4.74 Å². The van der Waals surface area contributed by atoms with Crippen molar-refractivity contribution in [3.8, 4) is 16.9 Å². The van der Waals surface area contributed by atoms with E-state index in [1.807, 2.05) is 12.1 Å². The van der Waals surface area contributed by atoms with Crippen LogP contribution in [0.2, 0.25) is 0 Å². The van der Waals surface area contributed by atoms with Gasteiger partial charge in [-0.15, -0.1) is 0 Å². The Morgan fingerprint density at radius 1 is 1.00 bits per heavy atom. The van der Waals surface area contributed by atoms with Crippen molar-refractivity contribution in [2.75, 3.05) is 26.2 Å². The molecule has 0 amide bonds. The summed E-state index contributed by atoms with van der Waals surface area (Å²) in [6, 6.07) is 8.81. The first kappa shape index (κ1) is 19.5. The number of piperidine rings is 1. The first-order chi connectivity index (χ1) is 13.2. The average molecular weight is 376 g/mol. The number of pyridine rings is 1. The van der Waals surface area contributed by atoms with Gasteiger partial charge in [0.15, 0.2) is 6.80 Å². The third-order valence-corrected chi connectivity index (χ3v) is 5.03. The molecule has 1 aliphatic rings. The van der Waals surface area contributed by atoms with Crippen molar-refractivity contribution in [3.63, 3.8) is 0 Å². The second-order valence-electron chi connectivity index (χ2n) is 6.86. The van der Waals surface area contributed by atoms with Crippen LogP contribution in [0.5, 0.6) is 5.75 Å². The van der Waals surface area contributed by atoms with E-state index in [0.717, 1.165) is 23.3 Å². The largest absolute Gasteiger partial charge is 0.494 e. The Labute approximate surface area is 158 Å². The molecule has 1 aliphatic heterocycles. The van der Waals surface area contributed by atoms with Gasteiger partial charge in [-0.2, -0.15) is 0 Å². The molecule has 27 heavy (non-hydrogen) atoms. The number of aromatic nitrogens is 1. The first-order valence-corrected chi connectivity index (χ1v) is 9.53. The summed E-state index contributed by atoms with van der Waals surface area (Å²) in [4.78, 5) is 14.5. The minimum Gasteiger partial charge on any atom is -0.494 e. The predicted molar refractivity (Wildman–Crippen MR) is 102 cm³/mol. The number of alkyl halides is 2. The van der Waals surface area contributed by atoms with Gasteiger partial charge in [-0.05, 0) is 61.7 Å². The fraction of sp³-hybridized carbons (Fsp3) is 0.476. The molecule has 0 N–H and O–H groups in total. The fourth-order valence-electron chi connectivity index (χ4n) is 3.51. The lowest BCUT2D eigenvalue weighted by atomic mass is 10.0. The van der Waals surface area contributed by atoms with Crippen LogP contribution >= 0.6 is 0 Å². The molecule has 146 valence electrons. The smallest absolute Gasteiger partial charge is 0.259 e. The van der Waals surface area contributed by atoms with Crippen LogP contribution in [0.25, 0.3) is 11.1 Å². The number of likely N-dealkylation sites (tertiary alicyclic amines) is 1. The molecule has 2 heterocycles. The molecule has 0 saturated carbocycles. The third-order valence-electron chi connectivity index (χ3n) is 5.03. The van der Waals surface area contributed by atoms with Gasteiger partial charge in [0.2, 0.25) is 0 Å². The number of hydrogen-bond acceptors (Lipinski definition) is 3. The number of halogens is 2. The molecule has 0 radical (unpaired) electrons. The zero-order chi connectivity index (χ0) is 19.1. The van der Waals surface area contributed by atoms with Crippen LogP contribution in [-0.4, -0.2) is 35.7 Å². The fourth-order valence-corrected chi connectivity index (χ4v) is 3.51. The van der Waals surface area contributed by atoms with Gasteiger partial charge in [-0.25, -0.2) is 8.78 Å². The SMILES string of the molecule is O=c1c(CF)c(-c2ccc(OCCCN3CCCCC3)cc2)ccn1CF. The molecule has 2 aromatic rings. The number of hydrogen-bond donors (Lipinski definition) is 0. The summed E-state index contributed by atoms with van der Waals surface area (Å²) in [5, 5.41) is 0. The number of rotatable bonds is 8. The van der Waals surface area contributed by atoms with Crippen LogP contribution in [0.1, 0.15) is 31.2 Å². The molecular formula is C21H26F2N2O2. The minimum absolute atomic E-state index is 0.0228. The molecule has 4 nitrogen and oxygen atoms in total. The normalized spacial score (nSPS) is 15.0. The topological polar surface area (TPSA) is 34.5 Å². The summed E-state index contributed by atoms with van der Waals surface area (Å²) in [6.07, 6.45) is 6.25. The van der Waals surface area contributed by atoms with Crippen LogP contribution in [0, 0.1) is 0 Å². The minimum atomic E-state index is -0.962. The van der Waals surface area contributed by atoms with Crippen molar-refractivity contribution in [3.05, 3.63) is 52.4 Å². The molecule has 0 spiro atoms. The van der Waals surface area contributed by atoms with Gasteiger partial charge in [-0.3, -0.25) is 9.36 Å². The lowest BCUT2D eigenvalue weighted by Crippen LogP contribution is -2.31. The summed E-state index contributed by atoms with van der Waals surface area (Å²) in [5.41, 5.74) is 0.552. The van der Waals surface area contributed by atoms with E-state index in [0.29, 0.717) is 17.7 Å². The monoisotopic (exact) mass is 376 g/mol. The molecule has 3 rings (SSSR count). The van der Waals surface area contributed by atoms with Crippen molar-refractivity contribution in [2.45, 2.75) is 39.2 Å². The van der Waals surface area contributed by atoms with Crippen molar-refractivity contribution in [2.24, 2.45) is 0 Å². The Bertz CT molecular complexity index is 784. The first-order valence-electron chi connectivity index (χ1n) is 9.53. The van der Waals surface area contributed by atoms with Crippen molar-refractivity contribution in [1.29, 1.82) is 0 Å². The number of benzene rings is 1. The lowest BCUT2D eigenvalue weighted by Gasteiger charge is -2.26. The molecule has 1 aromatic heterocycles. The summed E-state index contributed by atoms with van der Waals surface area (Å²) < 4.78 is 32.7. The highest BCUT2D eigenvalue weighted by Crippen LogP contribution is 2.25. The van der Waals surface area contributed by atoms with E-state index in [1.54, 1.807) is 18.2 Å². The maximum atomic E-state index is 13.3. The van der Waals surface area contributed by atoms with Gasteiger partial charge >= 0.3 is 0 Å². The van der Waals surface area contributed by atoms with Gasteiger partial charge in [-0.1, -0.05) is 18.6 Å². The Morgan fingerprint density at radius 3 is 2.41 bits per heavy atom. The molecule has 6 heteroatoms. The summed E-state index contributed by atoms with van der Waals surface area (Å²) in [7, 11) is 0. The van der Waals surface area contributed by atoms with E-state index in [1.165, 1.54) is 38.5 Å². The van der Waals surface area contributed by atoms with E-state index in [2.05, 4.69) is 4.90 Å². The van der Waals surface area contributed by atoms with Crippen LogP contribution in [0.15, 0.2) is 41.3 Å². The molecule has 0 unspecified atom stereocenters. The lowest BCUT2D eigenvalue weighted by molar-refractivity contribution is 0.205. The molecule has 0 bridgehead atoms. The van der Waals surface area contributed by atoms with Gasteiger partial charge < -0.3 is 9.64 Å². The number of nitrogens with zero attached hydrogens (tertiary/aromatic N) is 2. The molecule has 1 fully saturated rings. The molecular weight excluding hydrogens is 350 g/mol. The van der Waals surface area contributed by atoms with E-state index < -0.39 is 19.0 Å². The van der Waals surface area contributed by atoms with Gasteiger partial charge in [0.25, 0.3) is 5.56 Å². The molecule has 0 aliphatic carbocycles. The van der Waals surface area contributed by atoms with Crippen molar-refractivity contribution in [1.82, 2.24) is 9.47 Å².